The van der Waals surface area contributed by atoms with Crippen LogP contribution in [0.15, 0.2) is 28.3 Å². The summed E-state index contributed by atoms with van der Waals surface area (Å²) in [5, 5.41) is 6.78. The highest BCUT2D eigenvalue weighted by molar-refractivity contribution is 7.14. The Labute approximate surface area is 157 Å². The molecule has 5 nitrogen and oxygen atoms in total. The molecule has 3 aromatic heterocycles. The number of hydrazine groups is 1. The average molecular weight is 392 g/mol. The van der Waals surface area contributed by atoms with E-state index in [4.69, 9.17) is 0 Å². The van der Waals surface area contributed by atoms with Crippen molar-refractivity contribution in [2.24, 2.45) is 0 Å². The largest absolute Gasteiger partial charge is 0.279 e. The number of thiophene rings is 2. The van der Waals surface area contributed by atoms with E-state index in [0.29, 0.717) is 10.6 Å². The molecule has 0 saturated carbocycles. The first kappa shape index (κ1) is 17.8. The Morgan fingerprint density at radius 2 is 2.08 bits per heavy atom. The number of nitrogens with zero attached hydrogens (tertiary/aromatic N) is 1. The van der Waals surface area contributed by atoms with Crippen molar-refractivity contribution < 1.29 is 9.59 Å². The van der Waals surface area contributed by atoms with E-state index in [1.54, 1.807) is 11.3 Å². The van der Waals surface area contributed by atoms with Gasteiger partial charge < -0.3 is 0 Å². The number of carbonyl (C=O) groups excluding carboxylic acids is 2. The monoisotopic (exact) mass is 391 g/mol. The second kappa shape index (κ2) is 7.90. The first-order chi connectivity index (χ1) is 12.1. The molecule has 25 heavy (non-hydrogen) atoms. The lowest BCUT2D eigenvalue weighted by Crippen LogP contribution is -2.42. The quantitative estimate of drug-likeness (QED) is 0.650. The van der Waals surface area contributed by atoms with Crippen molar-refractivity contribution >= 4 is 45.8 Å². The van der Waals surface area contributed by atoms with E-state index in [2.05, 4.69) is 22.8 Å². The van der Waals surface area contributed by atoms with Crippen LogP contribution in [0.2, 0.25) is 0 Å². The van der Waals surface area contributed by atoms with E-state index in [9.17, 15) is 9.59 Å². The van der Waals surface area contributed by atoms with Crippen LogP contribution in [0.5, 0.6) is 0 Å². The molecule has 0 unspecified atom stereocenters. The Morgan fingerprint density at radius 1 is 1.24 bits per heavy atom. The van der Waals surface area contributed by atoms with Gasteiger partial charge in [-0.15, -0.1) is 22.7 Å². The average Bonchev–Trinajstić information content (AvgIpc) is 3.32. The van der Waals surface area contributed by atoms with Gasteiger partial charge >= 0.3 is 0 Å². The van der Waals surface area contributed by atoms with E-state index in [-0.39, 0.29) is 18.2 Å². The van der Waals surface area contributed by atoms with E-state index in [0.717, 1.165) is 22.6 Å². The molecule has 0 saturated heterocycles. The Bertz CT molecular complexity index is 881. The molecule has 0 bridgehead atoms. The third kappa shape index (κ3) is 4.33. The van der Waals surface area contributed by atoms with E-state index >= 15 is 0 Å². The normalized spacial score (nSPS) is 10.6. The molecule has 3 rings (SSSR count). The number of aromatic nitrogens is 1. The van der Waals surface area contributed by atoms with Crippen molar-refractivity contribution in [1.29, 1.82) is 0 Å². The van der Waals surface area contributed by atoms with Gasteiger partial charge in [-0.25, -0.2) is 4.98 Å². The number of amides is 2. The van der Waals surface area contributed by atoms with E-state index in [1.807, 2.05) is 35.2 Å². The van der Waals surface area contributed by atoms with Crippen LogP contribution >= 0.6 is 34.0 Å². The van der Waals surface area contributed by atoms with Crippen molar-refractivity contribution in [3.63, 3.8) is 0 Å². The van der Waals surface area contributed by atoms with Gasteiger partial charge in [0.25, 0.3) is 5.91 Å². The van der Waals surface area contributed by atoms with Crippen molar-refractivity contribution in [3.8, 4) is 10.6 Å². The Morgan fingerprint density at radius 3 is 2.76 bits per heavy atom. The van der Waals surface area contributed by atoms with Crippen LogP contribution in [-0.2, 0) is 17.6 Å². The molecule has 0 atom stereocenters. The van der Waals surface area contributed by atoms with Crippen LogP contribution in [0, 0.1) is 6.92 Å². The molecule has 0 aliphatic carbocycles. The van der Waals surface area contributed by atoms with Gasteiger partial charge in [0.05, 0.1) is 17.0 Å². The second-order valence-electron chi connectivity index (χ2n) is 5.41. The number of nitrogens with one attached hydrogen (secondary N) is 2. The van der Waals surface area contributed by atoms with Gasteiger partial charge in [0, 0.05) is 21.2 Å². The number of hydrogen-bond donors (Lipinski definition) is 2. The molecule has 3 aromatic rings. The maximum atomic E-state index is 12.1. The second-order valence-corrected chi connectivity index (χ2v) is 8.18. The summed E-state index contributed by atoms with van der Waals surface area (Å²) in [6, 6.07) is 3.85. The zero-order valence-corrected chi connectivity index (χ0v) is 16.2. The summed E-state index contributed by atoms with van der Waals surface area (Å²) < 4.78 is 0. The maximum Gasteiger partial charge on any atom is 0.279 e. The van der Waals surface area contributed by atoms with Gasteiger partial charge in [-0.05, 0) is 36.4 Å². The highest BCUT2D eigenvalue weighted by Gasteiger charge is 2.14. The number of carbonyl (C=O) groups is 2. The van der Waals surface area contributed by atoms with E-state index in [1.165, 1.54) is 27.6 Å². The summed E-state index contributed by atoms with van der Waals surface area (Å²) in [6.07, 6.45) is 1.02. The van der Waals surface area contributed by atoms with Crippen molar-refractivity contribution in [1.82, 2.24) is 15.8 Å². The third-order valence-corrected chi connectivity index (χ3v) is 6.55. The molecular formula is C17H17N3O2S3. The third-order valence-electron chi connectivity index (χ3n) is 3.54. The zero-order chi connectivity index (χ0) is 17.8. The van der Waals surface area contributed by atoms with E-state index < -0.39 is 0 Å². The topological polar surface area (TPSA) is 71.1 Å². The summed E-state index contributed by atoms with van der Waals surface area (Å²) in [5.41, 5.74) is 7.78. The fraction of sp³-hybridized carbons (Fsp3) is 0.235. The molecule has 8 heteroatoms. The predicted octanol–water partition coefficient (Wildman–Crippen LogP) is 3.81. The number of hydrogen-bond acceptors (Lipinski definition) is 6. The lowest BCUT2D eigenvalue weighted by atomic mass is 10.2. The lowest BCUT2D eigenvalue weighted by Gasteiger charge is -2.05. The van der Waals surface area contributed by atoms with Crippen LogP contribution in [-0.4, -0.2) is 16.8 Å². The van der Waals surface area contributed by atoms with Gasteiger partial charge in [0.1, 0.15) is 5.01 Å². The fourth-order valence-electron chi connectivity index (χ4n) is 2.29. The molecule has 0 fully saturated rings. The molecule has 130 valence electrons. The number of thiazole rings is 1. The lowest BCUT2D eigenvalue weighted by molar-refractivity contribution is -0.121. The van der Waals surface area contributed by atoms with Crippen molar-refractivity contribution in [3.05, 3.63) is 49.3 Å². The van der Waals surface area contributed by atoms with Crippen LogP contribution in [0.3, 0.4) is 0 Å². The van der Waals surface area contributed by atoms with Gasteiger partial charge in [-0.1, -0.05) is 6.92 Å². The molecule has 0 radical (unpaired) electrons. The van der Waals surface area contributed by atoms with Gasteiger partial charge in [-0.2, -0.15) is 11.3 Å². The molecular weight excluding hydrogens is 374 g/mol. The highest BCUT2D eigenvalue weighted by atomic mass is 32.1. The first-order valence-corrected chi connectivity index (χ1v) is 10.4. The fourth-order valence-corrected chi connectivity index (χ4v) is 4.83. The molecule has 0 aliphatic rings. The smallest absolute Gasteiger partial charge is 0.273 e. The Balaban J connectivity index is 1.53. The Kier molecular flexibility index (Phi) is 5.62. The SMILES string of the molecule is CCc1sc(C(=O)NNC(=O)Cc2csc(-c3ccsc3)n2)cc1C. The van der Waals surface area contributed by atoms with Gasteiger partial charge in [-0.3, -0.25) is 20.4 Å². The Hall–Kier alpha value is -2.03. The summed E-state index contributed by atoms with van der Waals surface area (Å²) in [6.45, 7) is 4.04. The minimum atomic E-state index is -0.293. The zero-order valence-electron chi connectivity index (χ0n) is 13.8. The molecule has 0 aliphatic heterocycles. The van der Waals surface area contributed by atoms with Crippen molar-refractivity contribution in [2.45, 2.75) is 26.7 Å². The van der Waals surface area contributed by atoms with Gasteiger partial charge in [0.2, 0.25) is 5.91 Å². The summed E-state index contributed by atoms with van der Waals surface area (Å²) >= 11 is 4.57. The summed E-state index contributed by atoms with van der Waals surface area (Å²) in [7, 11) is 0. The number of rotatable bonds is 5. The van der Waals surface area contributed by atoms with Crippen LogP contribution in [0.1, 0.15) is 32.7 Å². The molecule has 0 aromatic carbocycles. The first-order valence-electron chi connectivity index (χ1n) is 7.72. The van der Waals surface area contributed by atoms with Crippen LogP contribution in [0.25, 0.3) is 10.6 Å². The minimum Gasteiger partial charge on any atom is -0.273 e. The molecule has 3 heterocycles. The maximum absolute atomic E-state index is 12.1. The predicted molar refractivity (Wildman–Crippen MR) is 103 cm³/mol. The molecule has 2 amide bonds. The number of aryl methyl sites for hydroxylation is 2. The van der Waals surface area contributed by atoms with Gasteiger partial charge in [0.15, 0.2) is 0 Å². The van der Waals surface area contributed by atoms with Crippen LogP contribution < -0.4 is 10.9 Å². The molecule has 0 spiro atoms. The van der Waals surface area contributed by atoms with Crippen LogP contribution in [0.4, 0.5) is 0 Å². The standard InChI is InChI=1S/C17H17N3O2S3/c1-3-13-10(2)6-14(25-13)16(22)20-19-15(21)7-12-9-24-17(18-12)11-4-5-23-8-11/h4-6,8-9H,3,7H2,1-2H3,(H,19,21)(H,20,22). The summed E-state index contributed by atoms with van der Waals surface area (Å²) in [5.74, 6) is -0.585. The molecule has 2 N–H and O–H groups in total. The minimum absolute atomic E-state index is 0.130. The highest BCUT2D eigenvalue weighted by Crippen LogP contribution is 2.25. The summed E-state index contributed by atoms with van der Waals surface area (Å²) in [4.78, 5) is 30.4. The van der Waals surface area contributed by atoms with Crippen molar-refractivity contribution in [2.75, 3.05) is 0 Å².